The van der Waals surface area contributed by atoms with E-state index < -0.39 is 29.1 Å². The van der Waals surface area contributed by atoms with Gasteiger partial charge in [0.1, 0.15) is 5.75 Å². The van der Waals surface area contributed by atoms with Crippen molar-refractivity contribution in [3.05, 3.63) is 29.8 Å². The SMILES string of the molecule is COc1cccc(C2(C3C(=O)OC(C)(C)OC3=O)CCCCC2)c1. The van der Waals surface area contributed by atoms with Crippen LogP contribution in [0.2, 0.25) is 0 Å². The summed E-state index contributed by atoms with van der Waals surface area (Å²) in [6, 6.07) is 7.65. The topological polar surface area (TPSA) is 61.8 Å². The van der Waals surface area contributed by atoms with Crippen LogP contribution in [0.1, 0.15) is 51.5 Å². The van der Waals surface area contributed by atoms with Gasteiger partial charge in [0, 0.05) is 19.3 Å². The molecule has 0 bridgehead atoms. The van der Waals surface area contributed by atoms with Crippen molar-refractivity contribution in [3.8, 4) is 5.75 Å². The molecule has 0 spiro atoms. The second-order valence-electron chi connectivity index (χ2n) is 7.12. The molecular weight excluding hydrogens is 308 g/mol. The molecule has 1 heterocycles. The predicted molar refractivity (Wildman–Crippen MR) is 87.5 cm³/mol. The lowest BCUT2D eigenvalue weighted by molar-refractivity contribution is -0.244. The van der Waals surface area contributed by atoms with Crippen molar-refractivity contribution in [1.82, 2.24) is 0 Å². The molecular formula is C19H24O5. The van der Waals surface area contributed by atoms with Gasteiger partial charge in [0.15, 0.2) is 5.92 Å². The second-order valence-corrected chi connectivity index (χ2v) is 7.12. The minimum atomic E-state index is -1.20. The van der Waals surface area contributed by atoms with Crippen LogP contribution in [0.3, 0.4) is 0 Å². The molecule has 0 atom stereocenters. The predicted octanol–water partition coefficient (Wildman–Crippen LogP) is 3.35. The molecule has 0 amide bonds. The van der Waals surface area contributed by atoms with Crippen molar-refractivity contribution in [1.29, 1.82) is 0 Å². The molecule has 1 aliphatic heterocycles. The first-order valence-electron chi connectivity index (χ1n) is 8.48. The molecule has 3 rings (SSSR count). The standard InChI is InChI=1S/C19H24O5/c1-18(2)23-16(20)15(17(21)24-18)19(10-5-4-6-11-19)13-8-7-9-14(12-13)22-3/h7-9,12,15H,4-6,10-11H2,1-3H3. The normalized spacial score (nSPS) is 23.3. The van der Waals surface area contributed by atoms with Crippen LogP contribution >= 0.6 is 0 Å². The Morgan fingerprint density at radius 1 is 1.04 bits per heavy atom. The van der Waals surface area contributed by atoms with E-state index in [9.17, 15) is 9.59 Å². The van der Waals surface area contributed by atoms with E-state index in [-0.39, 0.29) is 0 Å². The van der Waals surface area contributed by atoms with Crippen molar-refractivity contribution < 1.29 is 23.8 Å². The molecule has 0 radical (unpaired) electrons. The number of hydrogen-bond acceptors (Lipinski definition) is 5. The van der Waals surface area contributed by atoms with Gasteiger partial charge in [0.05, 0.1) is 7.11 Å². The number of rotatable bonds is 3. The summed E-state index contributed by atoms with van der Waals surface area (Å²) in [5, 5.41) is 0. The van der Waals surface area contributed by atoms with Crippen LogP contribution in [0.5, 0.6) is 5.75 Å². The first-order valence-corrected chi connectivity index (χ1v) is 8.48. The van der Waals surface area contributed by atoms with E-state index >= 15 is 0 Å². The van der Waals surface area contributed by atoms with Gasteiger partial charge in [-0.25, -0.2) is 0 Å². The Morgan fingerprint density at radius 2 is 1.67 bits per heavy atom. The molecule has 1 aromatic carbocycles. The zero-order valence-electron chi connectivity index (χ0n) is 14.5. The smallest absolute Gasteiger partial charge is 0.324 e. The fourth-order valence-corrected chi connectivity index (χ4v) is 4.03. The molecule has 1 saturated heterocycles. The van der Waals surface area contributed by atoms with Crippen molar-refractivity contribution in [2.75, 3.05) is 7.11 Å². The highest BCUT2D eigenvalue weighted by molar-refractivity contribution is 5.98. The Balaban J connectivity index is 2.06. The van der Waals surface area contributed by atoms with E-state index in [1.807, 2.05) is 24.3 Å². The maximum atomic E-state index is 12.7. The summed E-state index contributed by atoms with van der Waals surface area (Å²) in [5.74, 6) is -2.37. The quantitative estimate of drug-likeness (QED) is 0.627. The highest BCUT2D eigenvalue weighted by Crippen LogP contribution is 2.48. The minimum absolute atomic E-state index is 0.485. The van der Waals surface area contributed by atoms with Gasteiger partial charge in [-0.15, -0.1) is 0 Å². The van der Waals surface area contributed by atoms with Crippen LogP contribution in [-0.4, -0.2) is 24.8 Å². The van der Waals surface area contributed by atoms with Crippen molar-refractivity contribution in [2.24, 2.45) is 5.92 Å². The summed E-state index contributed by atoms with van der Waals surface area (Å²) in [7, 11) is 1.61. The molecule has 5 nitrogen and oxygen atoms in total. The van der Waals surface area contributed by atoms with Gasteiger partial charge < -0.3 is 14.2 Å². The van der Waals surface area contributed by atoms with Crippen molar-refractivity contribution >= 4 is 11.9 Å². The van der Waals surface area contributed by atoms with Crippen LogP contribution in [-0.2, 0) is 24.5 Å². The summed E-state index contributed by atoms with van der Waals surface area (Å²) < 4.78 is 16.1. The maximum absolute atomic E-state index is 12.7. The average Bonchev–Trinajstić information content (AvgIpc) is 2.54. The van der Waals surface area contributed by atoms with Gasteiger partial charge in [-0.1, -0.05) is 31.4 Å². The lowest BCUT2D eigenvalue weighted by Crippen LogP contribution is -2.55. The van der Waals surface area contributed by atoms with Gasteiger partial charge in [0.2, 0.25) is 0 Å². The summed E-state index contributed by atoms with van der Waals surface area (Å²) >= 11 is 0. The van der Waals surface area contributed by atoms with Crippen molar-refractivity contribution in [3.63, 3.8) is 0 Å². The first-order chi connectivity index (χ1) is 11.4. The van der Waals surface area contributed by atoms with Crippen LogP contribution in [0.15, 0.2) is 24.3 Å². The highest BCUT2D eigenvalue weighted by atomic mass is 16.7. The third kappa shape index (κ3) is 2.87. The number of carbonyl (C=O) groups excluding carboxylic acids is 2. The van der Waals surface area contributed by atoms with E-state index in [4.69, 9.17) is 14.2 Å². The highest BCUT2D eigenvalue weighted by Gasteiger charge is 2.55. The minimum Gasteiger partial charge on any atom is -0.497 e. The lowest BCUT2D eigenvalue weighted by Gasteiger charge is -2.45. The van der Waals surface area contributed by atoms with Crippen LogP contribution in [0.25, 0.3) is 0 Å². The summed E-state index contributed by atoms with van der Waals surface area (Å²) in [6.45, 7) is 3.16. The number of methoxy groups -OCH3 is 1. The second kappa shape index (κ2) is 6.11. The molecule has 2 aliphatic rings. The molecule has 1 aliphatic carbocycles. The summed E-state index contributed by atoms with van der Waals surface area (Å²) in [5.41, 5.74) is 0.359. The third-order valence-corrected chi connectivity index (χ3v) is 5.11. The van der Waals surface area contributed by atoms with Gasteiger partial charge in [-0.2, -0.15) is 0 Å². The Labute approximate surface area is 142 Å². The summed E-state index contributed by atoms with van der Waals surface area (Å²) in [4.78, 5) is 25.4. The first kappa shape index (κ1) is 16.8. The number of benzene rings is 1. The Hall–Kier alpha value is -2.04. The Kier molecular flexibility index (Phi) is 4.28. The van der Waals surface area contributed by atoms with Crippen LogP contribution < -0.4 is 4.74 Å². The van der Waals surface area contributed by atoms with Gasteiger partial charge in [-0.05, 0) is 30.5 Å². The fraction of sp³-hybridized carbons (Fsp3) is 0.579. The fourth-order valence-electron chi connectivity index (χ4n) is 4.03. The van der Waals surface area contributed by atoms with E-state index in [1.54, 1.807) is 21.0 Å². The van der Waals surface area contributed by atoms with E-state index in [0.717, 1.165) is 43.4 Å². The van der Waals surface area contributed by atoms with Gasteiger partial charge in [-0.3, -0.25) is 9.59 Å². The largest absolute Gasteiger partial charge is 0.497 e. The van der Waals surface area contributed by atoms with Gasteiger partial charge >= 0.3 is 11.9 Å². The number of carbonyl (C=O) groups is 2. The average molecular weight is 332 g/mol. The number of esters is 2. The van der Waals surface area contributed by atoms with Crippen LogP contribution in [0.4, 0.5) is 0 Å². The molecule has 130 valence electrons. The molecule has 1 saturated carbocycles. The Bertz CT molecular complexity index is 623. The van der Waals surface area contributed by atoms with E-state index in [2.05, 4.69) is 0 Å². The maximum Gasteiger partial charge on any atom is 0.324 e. The zero-order valence-corrected chi connectivity index (χ0v) is 14.5. The molecule has 24 heavy (non-hydrogen) atoms. The monoisotopic (exact) mass is 332 g/mol. The summed E-state index contributed by atoms with van der Waals surface area (Å²) in [6.07, 6.45) is 4.56. The molecule has 5 heteroatoms. The van der Waals surface area contributed by atoms with E-state index in [0.29, 0.717) is 0 Å². The molecule has 0 aromatic heterocycles. The Morgan fingerprint density at radius 3 is 2.25 bits per heavy atom. The van der Waals surface area contributed by atoms with Crippen molar-refractivity contribution in [2.45, 2.75) is 57.2 Å². The van der Waals surface area contributed by atoms with E-state index in [1.165, 1.54) is 0 Å². The molecule has 0 unspecified atom stereocenters. The number of hydrogen-bond donors (Lipinski definition) is 0. The number of ether oxygens (including phenoxy) is 3. The zero-order chi connectivity index (χ0) is 17.4. The molecule has 2 fully saturated rings. The van der Waals surface area contributed by atoms with Crippen LogP contribution in [0, 0.1) is 5.92 Å². The molecule has 0 N–H and O–H groups in total. The number of cyclic esters (lactones) is 2. The van der Waals surface area contributed by atoms with Gasteiger partial charge in [0.25, 0.3) is 5.79 Å². The lowest BCUT2D eigenvalue weighted by atomic mass is 9.61. The third-order valence-electron chi connectivity index (χ3n) is 5.11. The molecule has 1 aromatic rings.